The number of aliphatic hydroxyl groups is 1. The molecular formula is C14H27NO4. The van der Waals surface area contributed by atoms with Crippen molar-refractivity contribution in [2.75, 3.05) is 32.8 Å². The Morgan fingerprint density at radius 1 is 1.37 bits per heavy atom. The van der Waals surface area contributed by atoms with E-state index >= 15 is 0 Å². The molecule has 1 heterocycles. The minimum absolute atomic E-state index is 0.0280. The lowest BCUT2D eigenvalue weighted by Crippen LogP contribution is -2.42. The summed E-state index contributed by atoms with van der Waals surface area (Å²) in [7, 11) is 0. The topological polar surface area (TPSA) is 59.0 Å². The SMILES string of the molecule is CCOC(=O)C1CCN(C[C@@H](O)COC(C)C)CC1. The van der Waals surface area contributed by atoms with Crippen molar-refractivity contribution < 1.29 is 19.4 Å². The van der Waals surface area contributed by atoms with Crippen LogP contribution in [0.4, 0.5) is 0 Å². The fourth-order valence-electron chi connectivity index (χ4n) is 2.27. The highest BCUT2D eigenvalue weighted by atomic mass is 16.5. The predicted molar refractivity (Wildman–Crippen MR) is 72.9 cm³/mol. The van der Waals surface area contributed by atoms with Gasteiger partial charge in [-0.1, -0.05) is 0 Å². The van der Waals surface area contributed by atoms with Gasteiger partial charge in [0.15, 0.2) is 0 Å². The van der Waals surface area contributed by atoms with E-state index in [2.05, 4.69) is 4.90 Å². The van der Waals surface area contributed by atoms with Crippen molar-refractivity contribution in [2.45, 2.75) is 45.8 Å². The van der Waals surface area contributed by atoms with Crippen LogP contribution in [0.5, 0.6) is 0 Å². The number of aliphatic hydroxyl groups excluding tert-OH is 1. The standard InChI is InChI=1S/C14H27NO4/c1-4-18-14(17)12-5-7-15(8-6-12)9-13(16)10-19-11(2)3/h11-13,16H,4-10H2,1-3H3/t13-/m1/s1. The lowest BCUT2D eigenvalue weighted by molar-refractivity contribution is -0.149. The highest BCUT2D eigenvalue weighted by molar-refractivity contribution is 5.72. The Hall–Kier alpha value is -0.650. The second kappa shape index (κ2) is 8.51. The number of β-amino-alcohol motifs (C(OH)–C–C–N with tert-alkyl or cyclic N) is 1. The van der Waals surface area contributed by atoms with Gasteiger partial charge in [-0.2, -0.15) is 0 Å². The normalized spacial score (nSPS) is 19.6. The van der Waals surface area contributed by atoms with Gasteiger partial charge < -0.3 is 19.5 Å². The molecule has 0 radical (unpaired) electrons. The summed E-state index contributed by atoms with van der Waals surface area (Å²) >= 11 is 0. The van der Waals surface area contributed by atoms with E-state index in [1.807, 2.05) is 20.8 Å². The van der Waals surface area contributed by atoms with E-state index in [0.29, 0.717) is 19.8 Å². The summed E-state index contributed by atoms with van der Waals surface area (Å²) < 4.78 is 10.4. The van der Waals surface area contributed by atoms with Gasteiger partial charge in [0.25, 0.3) is 0 Å². The summed E-state index contributed by atoms with van der Waals surface area (Å²) in [5.74, 6) is -0.0499. The zero-order chi connectivity index (χ0) is 14.3. The van der Waals surface area contributed by atoms with E-state index in [0.717, 1.165) is 25.9 Å². The van der Waals surface area contributed by atoms with Gasteiger partial charge in [-0.25, -0.2) is 0 Å². The molecule has 1 rings (SSSR count). The quantitative estimate of drug-likeness (QED) is 0.703. The predicted octanol–water partition coefficient (Wildman–Crippen LogP) is 1.05. The van der Waals surface area contributed by atoms with Crippen LogP contribution in [0.15, 0.2) is 0 Å². The Morgan fingerprint density at radius 3 is 2.53 bits per heavy atom. The van der Waals surface area contributed by atoms with Crippen LogP contribution in [0.3, 0.4) is 0 Å². The first-order chi connectivity index (χ1) is 9.02. The fourth-order valence-corrected chi connectivity index (χ4v) is 2.27. The number of hydrogen-bond donors (Lipinski definition) is 1. The van der Waals surface area contributed by atoms with Gasteiger partial charge >= 0.3 is 5.97 Å². The molecule has 0 amide bonds. The van der Waals surface area contributed by atoms with Crippen molar-refractivity contribution >= 4 is 5.97 Å². The second-order valence-electron chi connectivity index (χ2n) is 5.36. The van der Waals surface area contributed by atoms with E-state index in [9.17, 15) is 9.90 Å². The van der Waals surface area contributed by atoms with Crippen LogP contribution in [0.1, 0.15) is 33.6 Å². The van der Waals surface area contributed by atoms with Gasteiger partial charge in [0, 0.05) is 6.54 Å². The average Bonchev–Trinajstić information content (AvgIpc) is 2.37. The minimum atomic E-state index is -0.457. The second-order valence-corrected chi connectivity index (χ2v) is 5.36. The number of rotatable bonds is 7. The molecule has 112 valence electrons. The number of carbonyl (C=O) groups is 1. The summed E-state index contributed by atoms with van der Waals surface area (Å²) in [5.41, 5.74) is 0. The summed E-state index contributed by atoms with van der Waals surface area (Å²) in [6.07, 6.45) is 1.32. The Morgan fingerprint density at radius 2 is 2.00 bits per heavy atom. The molecule has 1 aliphatic heterocycles. The molecule has 1 atom stereocenters. The molecule has 0 aliphatic carbocycles. The molecule has 1 aliphatic rings. The van der Waals surface area contributed by atoms with Gasteiger partial charge in [0.1, 0.15) is 0 Å². The molecule has 0 spiro atoms. The fraction of sp³-hybridized carbons (Fsp3) is 0.929. The van der Waals surface area contributed by atoms with Gasteiger partial charge in [-0.15, -0.1) is 0 Å². The zero-order valence-corrected chi connectivity index (χ0v) is 12.3. The van der Waals surface area contributed by atoms with E-state index in [1.165, 1.54) is 0 Å². The van der Waals surface area contributed by atoms with Gasteiger partial charge in [0.05, 0.1) is 31.3 Å². The first-order valence-corrected chi connectivity index (χ1v) is 7.21. The molecular weight excluding hydrogens is 246 g/mol. The third-order valence-electron chi connectivity index (χ3n) is 3.30. The zero-order valence-electron chi connectivity index (χ0n) is 12.3. The summed E-state index contributed by atoms with van der Waals surface area (Å²) in [4.78, 5) is 13.8. The summed E-state index contributed by atoms with van der Waals surface area (Å²) in [6.45, 7) is 8.85. The molecule has 0 aromatic rings. The molecule has 0 saturated carbocycles. The molecule has 0 aromatic heterocycles. The number of hydrogen-bond acceptors (Lipinski definition) is 5. The maximum atomic E-state index is 11.6. The first-order valence-electron chi connectivity index (χ1n) is 7.21. The van der Waals surface area contributed by atoms with Crippen LogP contribution < -0.4 is 0 Å². The van der Waals surface area contributed by atoms with E-state index in [-0.39, 0.29) is 18.0 Å². The number of esters is 1. The Kier molecular flexibility index (Phi) is 7.34. The van der Waals surface area contributed by atoms with Crippen molar-refractivity contribution in [1.29, 1.82) is 0 Å². The van der Waals surface area contributed by atoms with Crippen molar-refractivity contribution in [3.05, 3.63) is 0 Å². The highest BCUT2D eigenvalue weighted by Gasteiger charge is 2.26. The largest absolute Gasteiger partial charge is 0.466 e. The number of likely N-dealkylation sites (tertiary alicyclic amines) is 1. The Bertz CT molecular complexity index is 262. The number of nitrogens with zero attached hydrogens (tertiary/aromatic N) is 1. The van der Waals surface area contributed by atoms with Crippen LogP contribution in [-0.2, 0) is 14.3 Å². The van der Waals surface area contributed by atoms with Crippen molar-refractivity contribution in [2.24, 2.45) is 5.92 Å². The Balaban J connectivity index is 2.20. The number of piperidine rings is 1. The molecule has 5 heteroatoms. The van der Waals surface area contributed by atoms with Crippen LogP contribution >= 0.6 is 0 Å². The molecule has 0 bridgehead atoms. The summed E-state index contributed by atoms with van der Waals surface area (Å²) in [6, 6.07) is 0. The van der Waals surface area contributed by atoms with E-state index in [1.54, 1.807) is 0 Å². The lowest BCUT2D eigenvalue weighted by Gasteiger charge is -2.32. The van der Waals surface area contributed by atoms with Crippen LogP contribution in [0, 0.1) is 5.92 Å². The van der Waals surface area contributed by atoms with Gasteiger partial charge in [-0.3, -0.25) is 4.79 Å². The van der Waals surface area contributed by atoms with E-state index < -0.39 is 6.10 Å². The minimum Gasteiger partial charge on any atom is -0.466 e. The smallest absolute Gasteiger partial charge is 0.309 e. The third kappa shape index (κ3) is 6.36. The number of carbonyl (C=O) groups excluding carboxylic acids is 1. The number of ether oxygens (including phenoxy) is 2. The van der Waals surface area contributed by atoms with Crippen LogP contribution in [0.25, 0.3) is 0 Å². The molecule has 1 saturated heterocycles. The molecule has 1 fully saturated rings. The van der Waals surface area contributed by atoms with Gasteiger partial charge in [0.2, 0.25) is 0 Å². The van der Waals surface area contributed by atoms with Gasteiger partial charge in [-0.05, 0) is 46.7 Å². The molecule has 5 nitrogen and oxygen atoms in total. The highest BCUT2D eigenvalue weighted by Crippen LogP contribution is 2.18. The van der Waals surface area contributed by atoms with Crippen molar-refractivity contribution in [3.63, 3.8) is 0 Å². The molecule has 1 N–H and O–H groups in total. The average molecular weight is 273 g/mol. The van der Waals surface area contributed by atoms with Crippen LogP contribution in [-0.4, -0.2) is 61.0 Å². The molecule has 0 unspecified atom stereocenters. The Labute approximate surface area is 115 Å². The maximum absolute atomic E-state index is 11.6. The summed E-state index contributed by atoms with van der Waals surface area (Å²) in [5, 5.41) is 9.85. The van der Waals surface area contributed by atoms with Crippen LogP contribution in [0.2, 0.25) is 0 Å². The molecule has 0 aromatic carbocycles. The first kappa shape index (κ1) is 16.4. The lowest BCUT2D eigenvalue weighted by atomic mass is 9.97. The maximum Gasteiger partial charge on any atom is 0.309 e. The third-order valence-corrected chi connectivity index (χ3v) is 3.30. The van der Waals surface area contributed by atoms with Crippen molar-refractivity contribution in [1.82, 2.24) is 4.90 Å². The molecule has 19 heavy (non-hydrogen) atoms. The van der Waals surface area contributed by atoms with E-state index in [4.69, 9.17) is 9.47 Å². The monoisotopic (exact) mass is 273 g/mol. The van der Waals surface area contributed by atoms with Crippen molar-refractivity contribution in [3.8, 4) is 0 Å².